The molecule has 0 aliphatic carbocycles. The number of nitrogens with zero attached hydrogens (tertiary/aromatic N) is 3. The zero-order valence-corrected chi connectivity index (χ0v) is 11.7. The maximum absolute atomic E-state index is 13.4. The van der Waals surface area contributed by atoms with Gasteiger partial charge in [-0.2, -0.15) is 0 Å². The summed E-state index contributed by atoms with van der Waals surface area (Å²) in [4.78, 5) is 20.6. The van der Waals surface area contributed by atoms with E-state index in [1.807, 2.05) is 0 Å². The largest absolute Gasteiger partial charge is 0.305 e. The number of fused-ring (bicyclic) bond motifs is 1. The highest BCUT2D eigenvalue weighted by Gasteiger charge is 2.17. The number of amides is 1. The summed E-state index contributed by atoms with van der Waals surface area (Å²) < 4.78 is 14.8. The van der Waals surface area contributed by atoms with Crippen LogP contribution in [0.25, 0.3) is 5.65 Å². The Hall–Kier alpha value is -2.47. The number of aromatic nitrogens is 3. The number of hydrogen-bond acceptors (Lipinski definition) is 3. The van der Waals surface area contributed by atoms with E-state index in [0.29, 0.717) is 22.2 Å². The fourth-order valence-electron chi connectivity index (χ4n) is 2.04. The Balaban J connectivity index is 1.99. The molecule has 5 nitrogen and oxygen atoms in total. The zero-order valence-electron chi connectivity index (χ0n) is 11.0. The number of imidazole rings is 1. The van der Waals surface area contributed by atoms with Crippen molar-refractivity contribution in [3.8, 4) is 0 Å². The lowest BCUT2D eigenvalue weighted by Crippen LogP contribution is -2.16. The summed E-state index contributed by atoms with van der Waals surface area (Å²) in [5, 5.41) is 3.11. The summed E-state index contributed by atoms with van der Waals surface area (Å²) in [5.74, 6) is -0.505. The molecule has 0 atom stereocenters. The van der Waals surface area contributed by atoms with E-state index in [2.05, 4.69) is 15.3 Å². The van der Waals surface area contributed by atoms with Crippen LogP contribution in [-0.2, 0) is 0 Å². The van der Waals surface area contributed by atoms with Crippen molar-refractivity contribution in [2.75, 3.05) is 5.32 Å². The van der Waals surface area contributed by atoms with E-state index in [-0.39, 0.29) is 5.69 Å². The van der Waals surface area contributed by atoms with Gasteiger partial charge in [0.25, 0.3) is 5.91 Å². The molecule has 0 unspecified atom stereocenters. The van der Waals surface area contributed by atoms with Gasteiger partial charge in [0.05, 0.1) is 10.7 Å². The third-order valence-corrected chi connectivity index (χ3v) is 3.16. The Bertz CT molecular complexity index is 829. The Morgan fingerprint density at radius 3 is 2.86 bits per heavy atom. The van der Waals surface area contributed by atoms with Crippen LogP contribution in [0.2, 0.25) is 5.02 Å². The van der Waals surface area contributed by atoms with Gasteiger partial charge in [-0.05, 0) is 31.2 Å². The number of anilines is 1. The molecule has 21 heavy (non-hydrogen) atoms. The van der Waals surface area contributed by atoms with Crippen LogP contribution in [0.15, 0.2) is 36.7 Å². The molecule has 3 aromatic heterocycles. The number of hydrogen-bond donors (Lipinski definition) is 1. The highest BCUT2D eigenvalue weighted by atomic mass is 35.5. The first-order valence-electron chi connectivity index (χ1n) is 6.12. The van der Waals surface area contributed by atoms with Crippen LogP contribution in [0.3, 0.4) is 0 Å². The predicted molar refractivity (Wildman–Crippen MR) is 77.1 cm³/mol. The topological polar surface area (TPSA) is 59.3 Å². The molecule has 7 heteroatoms. The lowest BCUT2D eigenvalue weighted by molar-refractivity contribution is 0.102. The van der Waals surface area contributed by atoms with Crippen LogP contribution in [0.4, 0.5) is 10.2 Å². The van der Waals surface area contributed by atoms with Crippen molar-refractivity contribution in [3.05, 3.63) is 58.9 Å². The molecule has 1 amide bonds. The van der Waals surface area contributed by atoms with Gasteiger partial charge in [-0.25, -0.2) is 14.4 Å². The van der Waals surface area contributed by atoms with Crippen LogP contribution in [-0.4, -0.2) is 20.3 Å². The Labute approximate surface area is 124 Å². The van der Waals surface area contributed by atoms with Crippen molar-refractivity contribution in [1.29, 1.82) is 0 Å². The minimum Gasteiger partial charge on any atom is -0.305 e. The quantitative estimate of drug-likeness (QED) is 0.791. The van der Waals surface area contributed by atoms with Crippen LogP contribution in [0.5, 0.6) is 0 Å². The molecule has 0 saturated carbocycles. The summed E-state index contributed by atoms with van der Waals surface area (Å²) in [5.41, 5.74) is 1.27. The maximum atomic E-state index is 13.4. The molecule has 0 aromatic carbocycles. The Morgan fingerprint density at radius 1 is 1.33 bits per heavy atom. The molecule has 1 N–H and O–H groups in total. The van der Waals surface area contributed by atoms with E-state index in [4.69, 9.17) is 11.6 Å². The van der Waals surface area contributed by atoms with Crippen molar-refractivity contribution in [3.63, 3.8) is 0 Å². The molecule has 0 aliphatic heterocycles. The monoisotopic (exact) mass is 304 g/mol. The highest BCUT2D eigenvalue weighted by Crippen LogP contribution is 2.16. The van der Waals surface area contributed by atoms with E-state index in [1.165, 1.54) is 28.9 Å². The zero-order chi connectivity index (χ0) is 15.0. The van der Waals surface area contributed by atoms with E-state index in [1.54, 1.807) is 19.1 Å². The minimum absolute atomic E-state index is 0.265. The minimum atomic E-state index is -0.446. The lowest BCUT2D eigenvalue weighted by Gasteiger charge is -2.05. The number of nitrogens with one attached hydrogen (secondary N) is 1. The third kappa shape index (κ3) is 2.57. The van der Waals surface area contributed by atoms with Gasteiger partial charge in [-0.1, -0.05) is 11.6 Å². The van der Waals surface area contributed by atoms with Gasteiger partial charge in [-0.15, -0.1) is 0 Å². The molecule has 3 heterocycles. The second-order valence-electron chi connectivity index (χ2n) is 4.44. The molecular formula is C14H10ClFN4O. The number of carbonyl (C=O) groups is 1. The maximum Gasteiger partial charge on any atom is 0.275 e. The second kappa shape index (κ2) is 5.14. The highest BCUT2D eigenvalue weighted by molar-refractivity contribution is 6.30. The third-order valence-electron chi connectivity index (χ3n) is 2.94. The Morgan fingerprint density at radius 2 is 2.14 bits per heavy atom. The van der Waals surface area contributed by atoms with Crippen LogP contribution < -0.4 is 5.32 Å². The van der Waals surface area contributed by atoms with Gasteiger partial charge in [0.2, 0.25) is 0 Å². The molecular weight excluding hydrogens is 295 g/mol. The van der Waals surface area contributed by atoms with Crippen molar-refractivity contribution in [2.24, 2.45) is 0 Å². The Kier molecular flexibility index (Phi) is 3.31. The van der Waals surface area contributed by atoms with Crippen molar-refractivity contribution >= 4 is 29.0 Å². The van der Waals surface area contributed by atoms with Crippen molar-refractivity contribution < 1.29 is 9.18 Å². The molecule has 0 spiro atoms. The molecule has 0 saturated heterocycles. The first-order valence-corrected chi connectivity index (χ1v) is 6.49. The molecule has 3 rings (SSSR count). The summed E-state index contributed by atoms with van der Waals surface area (Å²) in [6.07, 6.45) is 2.65. The van der Waals surface area contributed by atoms with Gasteiger partial charge in [0.15, 0.2) is 0 Å². The molecule has 0 radical (unpaired) electrons. The predicted octanol–water partition coefficient (Wildman–Crippen LogP) is 3.08. The number of carbonyl (C=O) groups excluding carboxylic acids is 1. The summed E-state index contributed by atoms with van der Waals surface area (Å²) in [6.45, 7) is 1.69. The summed E-state index contributed by atoms with van der Waals surface area (Å²) in [7, 11) is 0. The van der Waals surface area contributed by atoms with E-state index < -0.39 is 11.7 Å². The number of aryl methyl sites for hydroxylation is 1. The van der Waals surface area contributed by atoms with Gasteiger partial charge in [-0.3, -0.25) is 9.20 Å². The van der Waals surface area contributed by atoms with E-state index in [9.17, 15) is 9.18 Å². The van der Waals surface area contributed by atoms with Gasteiger partial charge >= 0.3 is 0 Å². The molecule has 106 valence electrons. The van der Waals surface area contributed by atoms with Gasteiger partial charge < -0.3 is 5.32 Å². The van der Waals surface area contributed by atoms with Crippen molar-refractivity contribution in [1.82, 2.24) is 14.4 Å². The smallest absolute Gasteiger partial charge is 0.275 e. The number of pyridine rings is 2. The average Bonchev–Trinajstić information content (AvgIpc) is 2.76. The van der Waals surface area contributed by atoms with Crippen LogP contribution in [0.1, 0.15) is 16.2 Å². The number of rotatable bonds is 2. The number of halogens is 2. The fourth-order valence-corrected chi connectivity index (χ4v) is 2.15. The van der Waals surface area contributed by atoms with Crippen LogP contribution >= 0.6 is 11.6 Å². The van der Waals surface area contributed by atoms with E-state index >= 15 is 0 Å². The van der Waals surface area contributed by atoms with Gasteiger partial charge in [0.1, 0.15) is 23.0 Å². The lowest BCUT2D eigenvalue weighted by atomic mass is 10.3. The molecule has 0 fully saturated rings. The first kappa shape index (κ1) is 13.5. The molecule has 3 aromatic rings. The first-order chi connectivity index (χ1) is 10.0. The second-order valence-corrected chi connectivity index (χ2v) is 4.87. The van der Waals surface area contributed by atoms with Crippen LogP contribution in [0, 0.1) is 12.7 Å². The van der Waals surface area contributed by atoms with E-state index in [0.717, 1.165) is 0 Å². The van der Waals surface area contributed by atoms with Gasteiger partial charge in [0, 0.05) is 12.4 Å². The fraction of sp³-hybridized carbons (Fsp3) is 0.0714. The average molecular weight is 305 g/mol. The SMILES string of the molecule is Cc1nc2ccc(F)cn2c1C(=O)Nc1ccc(Cl)cn1. The standard InChI is InChI=1S/C14H10ClFN4O/c1-8-13(20-7-10(16)3-5-12(20)18-8)14(21)19-11-4-2-9(15)6-17-11/h2-7H,1H3,(H,17,19,21). The summed E-state index contributed by atoms with van der Waals surface area (Å²) in [6, 6.07) is 6.01. The molecule has 0 bridgehead atoms. The normalized spacial score (nSPS) is 10.8. The van der Waals surface area contributed by atoms with Crippen molar-refractivity contribution in [2.45, 2.75) is 6.92 Å². The molecule has 0 aliphatic rings. The summed E-state index contributed by atoms with van der Waals surface area (Å²) >= 11 is 5.74.